The van der Waals surface area contributed by atoms with E-state index in [9.17, 15) is 14.7 Å². The van der Waals surface area contributed by atoms with Crippen molar-refractivity contribution in [1.82, 2.24) is 4.57 Å². The first-order valence-corrected chi connectivity index (χ1v) is 8.11. The molecule has 114 valence electrons. The van der Waals surface area contributed by atoms with Crippen LogP contribution in [-0.2, 0) is 6.54 Å². The van der Waals surface area contributed by atoms with Crippen LogP contribution in [0.2, 0.25) is 0 Å². The average molecular weight is 411 g/mol. The average Bonchev–Trinajstić information content (AvgIpc) is 2.52. The van der Waals surface area contributed by atoms with Crippen LogP contribution in [0.1, 0.15) is 19.8 Å². The number of unbranched alkanes of at least 4 members (excludes halogenated alkanes) is 1. The summed E-state index contributed by atoms with van der Waals surface area (Å²) in [5, 5.41) is 11.0. The molecule has 0 fully saturated rings. The molecule has 6 heteroatoms. The van der Waals surface area contributed by atoms with Crippen LogP contribution in [0.4, 0.5) is 0 Å². The van der Waals surface area contributed by atoms with Gasteiger partial charge in [0, 0.05) is 11.9 Å². The van der Waals surface area contributed by atoms with Crippen LogP contribution in [0.15, 0.2) is 38.3 Å². The number of nitrogens with zero attached hydrogens (tertiary/aromatic N) is 1. The van der Waals surface area contributed by atoms with Gasteiger partial charge in [-0.25, -0.2) is 4.79 Å². The summed E-state index contributed by atoms with van der Waals surface area (Å²) in [5.74, 6) is -0.298. The molecule has 0 atom stereocenters. The fourth-order valence-corrected chi connectivity index (χ4v) is 2.95. The first-order chi connectivity index (χ1) is 10.6. The Morgan fingerprint density at radius 2 is 2.00 bits per heavy atom. The quantitative estimate of drug-likeness (QED) is 0.531. The zero-order valence-corrected chi connectivity index (χ0v) is 14.1. The summed E-state index contributed by atoms with van der Waals surface area (Å²) in [6.07, 6.45) is 1.80. The van der Waals surface area contributed by atoms with E-state index in [1.807, 2.05) is 25.1 Å². The summed E-state index contributed by atoms with van der Waals surface area (Å²) >= 11 is 1.69. The molecule has 0 aliphatic carbocycles. The first kappa shape index (κ1) is 15.1. The minimum atomic E-state index is -0.638. The van der Waals surface area contributed by atoms with Crippen LogP contribution in [0, 0.1) is 3.57 Å². The fraction of sp³-hybridized carbons (Fsp3) is 0.250. The van der Waals surface area contributed by atoms with Crippen molar-refractivity contribution in [1.29, 1.82) is 0 Å². The lowest BCUT2D eigenvalue weighted by Crippen LogP contribution is -2.22. The number of aryl methyl sites for hydroxylation is 1. The Bertz CT molecular complexity index is 987. The minimum absolute atomic E-state index is 0.0273. The summed E-state index contributed by atoms with van der Waals surface area (Å²) < 4.78 is 6.95. The molecular formula is C16H14INO4. The topological polar surface area (TPSA) is 72.4 Å². The molecule has 0 aliphatic heterocycles. The number of halogens is 1. The molecule has 2 aromatic heterocycles. The Morgan fingerprint density at radius 3 is 2.73 bits per heavy atom. The van der Waals surface area contributed by atoms with E-state index in [0.717, 1.165) is 12.8 Å². The maximum absolute atomic E-state index is 12.8. The van der Waals surface area contributed by atoms with E-state index < -0.39 is 5.63 Å². The summed E-state index contributed by atoms with van der Waals surface area (Å²) in [5.41, 5.74) is -0.115. The van der Waals surface area contributed by atoms with Gasteiger partial charge in [-0.15, -0.1) is 0 Å². The lowest BCUT2D eigenvalue weighted by atomic mass is 10.1. The van der Waals surface area contributed by atoms with Crippen LogP contribution in [0.3, 0.4) is 0 Å². The van der Waals surface area contributed by atoms with Crippen molar-refractivity contribution >= 4 is 44.5 Å². The molecule has 0 radical (unpaired) electrons. The number of benzene rings is 1. The van der Waals surface area contributed by atoms with Gasteiger partial charge < -0.3 is 14.1 Å². The molecule has 0 spiro atoms. The third-order valence-corrected chi connectivity index (χ3v) is 4.63. The second-order valence-corrected chi connectivity index (χ2v) is 6.16. The molecule has 1 aromatic carbocycles. The SMILES string of the molecule is CCCCn1c(=O)c2c(O)c(I)c(=O)oc2c2ccccc21. The van der Waals surface area contributed by atoms with Crippen LogP contribution in [0.5, 0.6) is 5.75 Å². The van der Waals surface area contributed by atoms with Gasteiger partial charge in [0.2, 0.25) is 0 Å². The van der Waals surface area contributed by atoms with Gasteiger partial charge in [-0.05, 0) is 41.1 Å². The molecule has 3 rings (SSSR count). The van der Waals surface area contributed by atoms with E-state index in [1.54, 1.807) is 33.2 Å². The minimum Gasteiger partial charge on any atom is -0.506 e. The Morgan fingerprint density at radius 1 is 1.27 bits per heavy atom. The normalized spacial score (nSPS) is 11.4. The molecule has 0 amide bonds. The molecule has 1 N–H and O–H groups in total. The molecule has 5 nitrogen and oxygen atoms in total. The molecule has 0 saturated carbocycles. The third-order valence-electron chi connectivity index (χ3n) is 3.68. The zero-order valence-electron chi connectivity index (χ0n) is 11.9. The Kier molecular flexibility index (Phi) is 3.94. The van der Waals surface area contributed by atoms with Gasteiger partial charge in [0.05, 0.1) is 5.52 Å². The number of hydrogen-bond acceptors (Lipinski definition) is 4. The second-order valence-electron chi connectivity index (χ2n) is 5.08. The molecule has 0 unspecified atom stereocenters. The van der Waals surface area contributed by atoms with Crippen LogP contribution < -0.4 is 11.2 Å². The highest BCUT2D eigenvalue weighted by atomic mass is 127. The van der Waals surface area contributed by atoms with E-state index in [2.05, 4.69) is 0 Å². The molecular weight excluding hydrogens is 397 g/mol. The highest BCUT2D eigenvalue weighted by Gasteiger charge is 2.19. The number of pyridine rings is 1. The van der Waals surface area contributed by atoms with Crippen molar-refractivity contribution in [3.63, 3.8) is 0 Å². The van der Waals surface area contributed by atoms with E-state index >= 15 is 0 Å². The summed E-state index contributed by atoms with van der Waals surface area (Å²) in [4.78, 5) is 24.6. The highest BCUT2D eigenvalue weighted by molar-refractivity contribution is 14.1. The Labute approximate surface area is 139 Å². The van der Waals surface area contributed by atoms with Gasteiger partial charge in [0.15, 0.2) is 11.3 Å². The number of para-hydroxylation sites is 1. The van der Waals surface area contributed by atoms with Crippen molar-refractivity contribution in [3.8, 4) is 5.75 Å². The Hall–Kier alpha value is -1.83. The second kappa shape index (κ2) is 5.75. The van der Waals surface area contributed by atoms with E-state index in [1.165, 1.54) is 0 Å². The van der Waals surface area contributed by atoms with E-state index in [-0.39, 0.29) is 25.8 Å². The van der Waals surface area contributed by atoms with E-state index in [4.69, 9.17) is 4.42 Å². The van der Waals surface area contributed by atoms with Crippen molar-refractivity contribution in [3.05, 3.63) is 48.6 Å². The maximum atomic E-state index is 12.8. The summed E-state index contributed by atoms with van der Waals surface area (Å²) in [6, 6.07) is 7.25. The monoisotopic (exact) mass is 411 g/mol. The third kappa shape index (κ3) is 2.22. The molecule has 3 aromatic rings. The lowest BCUT2D eigenvalue weighted by molar-refractivity contribution is 0.461. The zero-order chi connectivity index (χ0) is 15.9. The molecule has 2 heterocycles. The predicted octanol–water partition coefficient (Wildman–Crippen LogP) is 3.22. The number of rotatable bonds is 3. The summed E-state index contributed by atoms with van der Waals surface area (Å²) in [7, 11) is 0. The summed E-state index contributed by atoms with van der Waals surface area (Å²) in [6.45, 7) is 2.61. The number of fused-ring (bicyclic) bond motifs is 3. The van der Waals surface area contributed by atoms with E-state index in [0.29, 0.717) is 17.4 Å². The first-order valence-electron chi connectivity index (χ1n) is 7.03. The van der Waals surface area contributed by atoms with Gasteiger partial charge in [-0.1, -0.05) is 25.5 Å². The van der Waals surface area contributed by atoms with Gasteiger partial charge in [0.25, 0.3) is 5.56 Å². The van der Waals surface area contributed by atoms with Crippen LogP contribution in [0.25, 0.3) is 21.9 Å². The highest BCUT2D eigenvalue weighted by Crippen LogP contribution is 2.29. The lowest BCUT2D eigenvalue weighted by Gasteiger charge is -2.12. The van der Waals surface area contributed by atoms with Crippen molar-refractivity contribution in [2.24, 2.45) is 0 Å². The molecule has 0 bridgehead atoms. The number of aromatic nitrogens is 1. The van der Waals surface area contributed by atoms with Gasteiger partial charge >= 0.3 is 5.63 Å². The molecule has 0 aliphatic rings. The maximum Gasteiger partial charge on any atom is 0.353 e. The van der Waals surface area contributed by atoms with Crippen molar-refractivity contribution in [2.75, 3.05) is 0 Å². The van der Waals surface area contributed by atoms with Crippen LogP contribution in [-0.4, -0.2) is 9.67 Å². The van der Waals surface area contributed by atoms with Crippen LogP contribution >= 0.6 is 22.6 Å². The van der Waals surface area contributed by atoms with Crippen molar-refractivity contribution in [2.45, 2.75) is 26.3 Å². The van der Waals surface area contributed by atoms with Crippen molar-refractivity contribution < 1.29 is 9.52 Å². The van der Waals surface area contributed by atoms with Gasteiger partial charge in [0.1, 0.15) is 8.96 Å². The predicted molar refractivity (Wildman–Crippen MR) is 93.5 cm³/mol. The standard InChI is InChI=1S/C16H14INO4/c1-2-3-8-18-10-7-5-4-6-9(10)14-11(15(18)20)13(19)12(17)16(21)22-14/h4-7,19H,2-3,8H2,1H3. The smallest absolute Gasteiger partial charge is 0.353 e. The van der Waals surface area contributed by atoms with Gasteiger partial charge in [-0.2, -0.15) is 0 Å². The molecule has 0 saturated heterocycles. The largest absolute Gasteiger partial charge is 0.506 e. The van der Waals surface area contributed by atoms with Gasteiger partial charge in [-0.3, -0.25) is 4.79 Å². The fourth-order valence-electron chi connectivity index (χ4n) is 2.57. The number of aromatic hydroxyl groups is 1. The molecule has 22 heavy (non-hydrogen) atoms. The Balaban J connectivity index is 2.57. The number of hydrogen-bond donors (Lipinski definition) is 1.